The lowest BCUT2D eigenvalue weighted by atomic mass is 9.98. The Kier molecular flexibility index (Phi) is 8.52. The summed E-state index contributed by atoms with van der Waals surface area (Å²) in [6, 6.07) is -0.424. The molecule has 0 bridgehead atoms. The van der Waals surface area contributed by atoms with Gasteiger partial charge in [-0.3, -0.25) is 28.0 Å². The molecule has 0 aliphatic carbocycles. The van der Waals surface area contributed by atoms with E-state index < -0.39 is 88.7 Å². The molecular weight excluding hydrogens is 524 g/mol. The summed E-state index contributed by atoms with van der Waals surface area (Å²) >= 11 is 0. The third-order valence-electron chi connectivity index (χ3n) is 5.20. The van der Waals surface area contributed by atoms with Gasteiger partial charge in [-0.15, -0.1) is 0 Å². The fraction of sp³-hybridized carbons (Fsp3) is 0.733. The number of nitrogens with zero attached hydrogens (tertiary/aromatic N) is 1. The van der Waals surface area contributed by atoms with Crippen molar-refractivity contribution in [3.05, 3.63) is 33.1 Å². The number of aromatic nitrogens is 2. The highest BCUT2D eigenvalue weighted by atomic mass is 31.3. The predicted molar refractivity (Wildman–Crippen MR) is 107 cm³/mol. The third-order valence-corrected chi connectivity index (χ3v) is 7.76. The molecule has 18 nitrogen and oxygen atoms in total. The van der Waals surface area contributed by atoms with Gasteiger partial charge >= 0.3 is 13.5 Å². The van der Waals surface area contributed by atoms with E-state index in [9.17, 15) is 48.9 Å². The van der Waals surface area contributed by atoms with Gasteiger partial charge in [-0.25, -0.2) is 13.7 Å². The van der Waals surface area contributed by atoms with Crippen molar-refractivity contribution in [2.75, 3.05) is 6.61 Å². The maximum atomic E-state index is 12.1. The van der Waals surface area contributed by atoms with E-state index in [1.165, 1.54) is 6.92 Å². The largest absolute Gasteiger partial charge is 0.756 e. The number of hydrogen-bond acceptors (Lipinski definition) is 15. The zero-order chi connectivity index (χ0) is 26.3. The fourth-order valence-electron chi connectivity index (χ4n) is 3.34. The van der Waals surface area contributed by atoms with Crippen molar-refractivity contribution in [2.45, 2.75) is 62.1 Å². The Morgan fingerprint density at radius 1 is 1.14 bits per heavy atom. The van der Waals surface area contributed by atoms with Crippen molar-refractivity contribution in [3.63, 3.8) is 0 Å². The number of aliphatic hydroxyl groups is 4. The Hall–Kier alpha value is -1.34. The molecule has 200 valence electrons. The van der Waals surface area contributed by atoms with Crippen LogP contribution in [0.3, 0.4) is 0 Å². The van der Waals surface area contributed by atoms with E-state index in [1.807, 2.05) is 4.98 Å². The van der Waals surface area contributed by atoms with Crippen molar-refractivity contribution >= 4 is 15.6 Å². The van der Waals surface area contributed by atoms with Crippen molar-refractivity contribution in [2.24, 2.45) is 5.73 Å². The molecule has 35 heavy (non-hydrogen) atoms. The van der Waals surface area contributed by atoms with E-state index >= 15 is 0 Å². The number of rotatable bonds is 8. The Labute approximate surface area is 195 Å². The molecule has 0 spiro atoms. The molecule has 0 saturated carbocycles. The average molecular weight is 548 g/mol. The number of nitrogens with two attached hydrogens (primary N) is 1. The van der Waals surface area contributed by atoms with Gasteiger partial charge in [-0.1, -0.05) is 0 Å². The van der Waals surface area contributed by atoms with Crippen molar-refractivity contribution in [1.82, 2.24) is 9.55 Å². The SMILES string of the molecule is CC1O[C@H](OP(=O)([O-])OP(=O)(O)OC[C@H]2O[C@@H](n3ccc(=O)[nH]c3=O)C(O)[C@H]2O)C(O)[C@@H](N)[C@@H]1O. The van der Waals surface area contributed by atoms with Gasteiger partial charge in [0.15, 0.2) is 12.5 Å². The highest BCUT2D eigenvalue weighted by Gasteiger charge is 2.46. The van der Waals surface area contributed by atoms with Gasteiger partial charge in [0, 0.05) is 12.3 Å². The molecular formula is C15H24N3O15P2-. The summed E-state index contributed by atoms with van der Waals surface area (Å²) in [6.07, 6.45) is -11.8. The zero-order valence-corrected chi connectivity index (χ0v) is 19.6. The first-order valence-corrected chi connectivity index (χ1v) is 12.9. The zero-order valence-electron chi connectivity index (χ0n) is 17.8. The number of phosphoric acid groups is 2. The van der Waals surface area contributed by atoms with Gasteiger partial charge in [0.25, 0.3) is 13.4 Å². The first-order valence-electron chi connectivity index (χ1n) is 9.90. The summed E-state index contributed by atoms with van der Waals surface area (Å²) in [5.41, 5.74) is 3.82. The van der Waals surface area contributed by atoms with Gasteiger partial charge in [0.1, 0.15) is 24.4 Å². The van der Waals surface area contributed by atoms with Crippen LogP contribution >= 0.6 is 15.6 Å². The second-order valence-electron chi connectivity index (χ2n) is 7.73. The van der Waals surface area contributed by atoms with Crippen LogP contribution in [0, 0.1) is 0 Å². The third kappa shape index (κ3) is 6.51. The molecule has 3 rings (SSSR count). The molecule has 5 unspecified atom stereocenters. The predicted octanol–water partition coefficient (Wildman–Crippen LogP) is -4.43. The first-order chi connectivity index (χ1) is 16.1. The summed E-state index contributed by atoms with van der Waals surface area (Å²) in [7, 11) is -11.2. The summed E-state index contributed by atoms with van der Waals surface area (Å²) in [5.74, 6) is 0. The van der Waals surface area contributed by atoms with Gasteiger partial charge < -0.3 is 45.4 Å². The maximum Gasteiger partial charge on any atom is 0.478 e. The van der Waals surface area contributed by atoms with Gasteiger partial charge in [0.2, 0.25) is 0 Å². The van der Waals surface area contributed by atoms with Crippen LogP contribution < -0.4 is 21.9 Å². The van der Waals surface area contributed by atoms with Crippen LogP contribution in [-0.4, -0.2) is 90.4 Å². The van der Waals surface area contributed by atoms with Crippen molar-refractivity contribution in [3.8, 4) is 0 Å². The van der Waals surface area contributed by atoms with Crippen LogP contribution in [0.4, 0.5) is 0 Å². The second-order valence-corrected chi connectivity index (χ2v) is 10.7. The van der Waals surface area contributed by atoms with E-state index in [0.717, 1.165) is 16.8 Å². The number of H-pyrrole nitrogens is 1. The lowest BCUT2D eigenvalue weighted by Gasteiger charge is -2.41. The minimum absolute atomic E-state index is 0.736. The number of phosphoric ester groups is 2. The number of aromatic amines is 1. The van der Waals surface area contributed by atoms with Crippen LogP contribution in [0.1, 0.15) is 13.2 Å². The van der Waals surface area contributed by atoms with Crippen molar-refractivity contribution in [1.29, 1.82) is 0 Å². The summed E-state index contributed by atoms with van der Waals surface area (Å²) in [4.78, 5) is 46.8. The van der Waals surface area contributed by atoms with Gasteiger partial charge in [-0.2, -0.15) is 0 Å². The van der Waals surface area contributed by atoms with Crippen LogP contribution in [-0.2, 0) is 32.0 Å². The molecule has 0 amide bonds. The van der Waals surface area contributed by atoms with Gasteiger partial charge in [-0.05, 0) is 6.92 Å². The Bertz CT molecular complexity index is 1110. The van der Waals surface area contributed by atoms with E-state index in [0.29, 0.717) is 0 Å². The maximum absolute atomic E-state index is 12.1. The van der Waals surface area contributed by atoms with E-state index in [-0.39, 0.29) is 0 Å². The van der Waals surface area contributed by atoms with Gasteiger partial charge in [0.05, 0.1) is 24.9 Å². The highest BCUT2D eigenvalue weighted by Crippen LogP contribution is 2.59. The molecule has 2 aliphatic rings. The molecule has 1 aromatic heterocycles. The lowest BCUT2D eigenvalue weighted by Crippen LogP contribution is -2.61. The van der Waals surface area contributed by atoms with Crippen LogP contribution in [0.2, 0.25) is 0 Å². The molecule has 2 fully saturated rings. The molecule has 1 aromatic rings. The Morgan fingerprint density at radius 3 is 2.43 bits per heavy atom. The molecule has 0 radical (unpaired) electrons. The topological polar surface area (TPSA) is 285 Å². The van der Waals surface area contributed by atoms with Crippen LogP contribution in [0.25, 0.3) is 0 Å². The van der Waals surface area contributed by atoms with Crippen molar-refractivity contribution < 1.29 is 62.2 Å². The molecule has 20 heteroatoms. The summed E-state index contributed by atoms with van der Waals surface area (Å²) in [5, 5.41) is 39.9. The lowest BCUT2D eigenvalue weighted by molar-refractivity contribution is -0.278. The fourth-order valence-corrected chi connectivity index (χ4v) is 5.46. The molecule has 2 saturated heterocycles. The molecule has 2 aliphatic heterocycles. The Morgan fingerprint density at radius 2 is 1.80 bits per heavy atom. The quantitative estimate of drug-likeness (QED) is 0.151. The smallest absolute Gasteiger partial charge is 0.478 e. The number of ether oxygens (including phenoxy) is 2. The number of hydrogen-bond donors (Lipinski definition) is 7. The van der Waals surface area contributed by atoms with E-state index in [2.05, 4.69) is 13.4 Å². The highest BCUT2D eigenvalue weighted by molar-refractivity contribution is 7.60. The normalized spacial score (nSPS) is 39.1. The molecule has 3 heterocycles. The summed E-state index contributed by atoms with van der Waals surface area (Å²) in [6.45, 7) is 0.302. The summed E-state index contributed by atoms with van der Waals surface area (Å²) < 4.78 is 48.1. The minimum atomic E-state index is -5.69. The minimum Gasteiger partial charge on any atom is -0.756 e. The molecule has 8 N–H and O–H groups in total. The number of aliphatic hydroxyl groups excluding tert-OH is 4. The molecule has 11 atom stereocenters. The van der Waals surface area contributed by atoms with E-state index in [4.69, 9.17) is 15.2 Å². The molecule has 0 aromatic carbocycles. The standard InChI is InChI=1S/C15H25N3O15P2/c1-5-9(20)8(16)11(22)14(30-5)32-35(27,28)33-34(25,26)29-4-6-10(21)12(23)13(31-6)18-3-2-7(19)17-15(18)24/h2-3,5-6,8-14,20-23H,4,16H2,1H3,(H,25,26)(H,27,28)(H,17,19,24)/p-1/t5?,6-,8+,9-,10+,11?,12?,13-,14-/m1/s1. The monoisotopic (exact) mass is 548 g/mol. The number of nitrogens with one attached hydrogen (secondary N) is 1. The van der Waals surface area contributed by atoms with Crippen LogP contribution in [0.5, 0.6) is 0 Å². The van der Waals surface area contributed by atoms with E-state index in [1.54, 1.807) is 0 Å². The average Bonchev–Trinajstić information content (AvgIpc) is 3.02. The second kappa shape index (κ2) is 10.6. The Balaban J connectivity index is 1.61. The van der Waals surface area contributed by atoms with Crippen LogP contribution in [0.15, 0.2) is 21.9 Å². The first kappa shape index (κ1) is 28.2.